The second-order valence-electron chi connectivity index (χ2n) is 5.56. The molecule has 0 aliphatic carbocycles. The van der Waals surface area contributed by atoms with Gasteiger partial charge in [-0.25, -0.2) is 4.98 Å². The first-order valence-electron chi connectivity index (χ1n) is 7.04. The van der Waals surface area contributed by atoms with Crippen LogP contribution in [-0.2, 0) is 24.9 Å². The molecule has 0 aromatic carbocycles. The van der Waals surface area contributed by atoms with E-state index < -0.39 is 0 Å². The van der Waals surface area contributed by atoms with Crippen molar-refractivity contribution in [2.24, 2.45) is 7.05 Å². The van der Waals surface area contributed by atoms with Crippen LogP contribution in [0.25, 0.3) is 0 Å². The van der Waals surface area contributed by atoms with E-state index in [0.29, 0.717) is 30.3 Å². The summed E-state index contributed by atoms with van der Waals surface area (Å²) in [6.45, 7) is 4.78. The molecule has 0 spiro atoms. The Morgan fingerprint density at radius 2 is 2.18 bits per heavy atom. The maximum Gasteiger partial charge on any atom is 0.255 e. The summed E-state index contributed by atoms with van der Waals surface area (Å²) in [7, 11) is 1.78. The third kappa shape index (κ3) is 2.77. The number of aromatic nitrogens is 4. The highest BCUT2D eigenvalue weighted by Gasteiger charge is 2.25. The van der Waals surface area contributed by atoms with Gasteiger partial charge in [0.05, 0.1) is 23.5 Å². The minimum absolute atomic E-state index is 0.118. The maximum atomic E-state index is 12.1. The minimum Gasteiger partial charge on any atom is -0.310 e. The Kier molecular flexibility index (Phi) is 3.53. The van der Waals surface area contributed by atoms with Crippen LogP contribution in [0, 0.1) is 13.8 Å². The van der Waals surface area contributed by atoms with E-state index >= 15 is 0 Å². The van der Waals surface area contributed by atoms with Gasteiger partial charge in [-0.05, 0) is 13.8 Å². The summed E-state index contributed by atoms with van der Waals surface area (Å²) < 4.78 is 1.63. The highest BCUT2D eigenvalue weighted by Crippen LogP contribution is 2.17. The summed E-state index contributed by atoms with van der Waals surface area (Å²) in [6.07, 6.45) is 0. The molecular weight excluding hydrogens is 284 g/mol. The lowest BCUT2D eigenvalue weighted by Gasteiger charge is -2.13. The van der Waals surface area contributed by atoms with E-state index in [-0.39, 0.29) is 18.0 Å². The van der Waals surface area contributed by atoms with Crippen molar-refractivity contribution < 1.29 is 4.79 Å². The van der Waals surface area contributed by atoms with Crippen molar-refractivity contribution >= 4 is 11.7 Å². The predicted molar refractivity (Wildman–Crippen MR) is 80.3 cm³/mol. The Bertz CT molecular complexity index is 791. The number of anilines is 1. The number of nitrogens with zero attached hydrogens (tertiary/aromatic N) is 4. The molecule has 1 aliphatic rings. The monoisotopic (exact) mass is 302 g/mol. The second kappa shape index (κ2) is 5.38. The molecular formula is C14H18N6O2. The Balaban J connectivity index is 1.66. The van der Waals surface area contributed by atoms with Gasteiger partial charge in [-0.15, -0.1) is 0 Å². The van der Waals surface area contributed by atoms with E-state index in [1.165, 1.54) is 0 Å². The van der Waals surface area contributed by atoms with E-state index in [4.69, 9.17) is 0 Å². The first kappa shape index (κ1) is 14.5. The molecule has 1 amide bonds. The van der Waals surface area contributed by atoms with Crippen LogP contribution < -0.4 is 10.9 Å². The zero-order chi connectivity index (χ0) is 15.9. The lowest BCUT2D eigenvalue weighted by atomic mass is 10.3. The zero-order valence-corrected chi connectivity index (χ0v) is 12.8. The quantitative estimate of drug-likeness (QED) is 0.837. The molecule has 2 aromatic heterocycles. The number of carbonyl (C=O) groups excluding carboxylic acids is 1. The van der Waals surface area contributed by atoms with Crippen molar-refractivity contribution in [1.29, 1.82) is 0 Å². The molecule has 8 heteroatoms. The smallest absolute Gasteiger partial charge is 0.255 e. The van der Waals surface area contributed by atoms with Crippen molar-refractivity contribution in [3.05, 3.63) is 39.2 Å². The van der Waals surface area contributed by atoms with Crippen LogP contribution in [-0.4, -0.2) is 37.1 Å². The van der Waals surface area contributed by atoms with Crippen LogP contribution in [0.3, 0.4) is 0 Å². The molecule has 0 radical (unpaired) electrons. The Morgan fingerprint density at radius 3 is 2.86 bits per heavy atom. The molecule has 3 heterocycles. The van der Waals surface area contributed by atoms with E-state index in [9.17, 15) is 9.59 Å². The first-order chi connectivity index (χ1) is 10.4. The topological polar surface area (TPSA) is 95.9 Å². The molecule has 116 valence electrons. The lowest BCUT2D eigenvalue weighted by molar-refractivity contribution is -0.117. The maximum absolute atomic E-state index is 12.1. The molecule has 0 bridgehead atoms. The van der Waals surface area contributed by atoms with Crippen molar-refractivity contribution in [2.45, 2.75) is 26.9 Å². The van der Waals surface area contributed by atoms with Gasteiger partial charge in [0.15, 0.2) is 0 Å². The summed E-state index contributed by atoms with van der Waals surface area (Å²) in [6, 6.07) is 1.81. The summed E-state index contributed by atoms with van der Waals surface area (Å²) in [5, 5.41) is 7.01. The zero-order valence-electron chi connectivity index (χ0n) is 12.8. The summed E-state index contributed by atoms with van der Waals surface area (Å²) >= 11 is 0. The van der Waals surface area contributed by atoms with Gasteiger partial charge in [0, 0.05) is 26.2 Å². The number of hydrogen-bond donors (Lipinski definition) is 2. The molecule has 0 saturated heterocycles. The largest absolute Gasteiger partial charge is 0.310 e. The van der Waals surface area contributed by atoms with Gasteiger partial charge in [0.25, 0.3) is 5.56 Å². The standard InChI is InChI=1S/C14H18N6O2/c1-8-4-12(19(3)18-8)17-13(21)7-20-5-10-11(6-20)15-9(2)16-14(10)22/h4H,5-7H2,1-3H3,(H,17,21)(H,15,16,22). The molecule has 3 rings (SSSR count). The van der Waals surface area contributed by atoms with Crippen LogP contribution >= 0.6 is 0 Å². The van der Waals surface area contributed by atoms with Gasteiger partial charge in [0.1, 0.15) is 11.6 Å². The van der Waals surface area contributed by atoms with Crippen LogP contribution in [0.1, 0.15) is 22.8 Å². The van der Waals surface area contributed by atoms with E-state index in [2.05, 4.69) is 20.4 Å². The molecule has 2 aromatic rings. The average molecular weight is 302 g/mol. The number of rotatable bonds is 3. The van der Waals surface area contributed by atoms with Crippen molar-refractivity contribution in [1.82, 2.24) is 24.6 Å². The minimum atomic E-state index is -0.135. The molecule has 0 fully saturated rings. The first-order valence-corrected chi connectivity index (χ1v) is 7.04. The van der Waals surface area contributed by atoms with Crippen LogP contribution in [0.5, 0.6) is 0 Å². The fourth-order valence-electron chi connectivity index (χ4n) is 2.68. The number of H-pyrrole nitrogens is 1. The summed E-state index contributed by atoms with van der Waals surface area (Å²) in [5.41, 5.74) is 2.13. The fourth-order valence-corrected chi connectivity index (χ4v) is 2.68. The van der Waals surface area contributed by atoms with E-state index in [1.807, 2.05) is 17.9 Å². The lowest BCUT2D eigenvalue weighted by Crippen LogP contribution is -2.30. The van der Waals surface area contributed by atoms with Crippen molar-refractivity contribution in [3.8, 4) is 0 Å². The summed E-state index contributed by atoms with van der Waals surface area (Å²) in [5.74, 6) is 1.12. The molecule has 8 nitrogen and oxygen atoms in total. The van der Waals surface area contributed by atoms with Gasteiger partial charge in [-0.3, -0.25) is 19.2 Å². The number of amides is 1. The SMILES string of the molecule is Cc1cc(NC(=O)CN2Cc3nc(C)[nH]c(=O)c3C2)n(C)n1. The number of nitrogens with one attached hydrogen (secondary N) is 2. The van der Waals surface area contributed by atoms with Crippen molar-refractivity contribution in [3.63, 3.8) is 0 Å². The number of aromatic amines is 1. The number of fused-ring (bicyclic) bond motifs is 1. The van der Waals surface area contributed by atoms with E-state index in [1.54, 1.807) is 18.7 Å². The van der Waals surface area contributed by atoms with Crippen molar-refractivity contribution in [2.75, 3.05) is 11.9 Å². The molecule has 22 heavy (non-hydrogen) atoms. The van der Waals surface area contributed by atoms with Gasteiger partial charge >= 0.3 is 0 Å². The second-order valence-corrected chi connectivity index (χ2v) is 5.56. The Labute approximate surface area is 127 Å². The molecule has 1 aliphatic heterocycles. The Hall–Kier alpha value is -2.48. The van der Waals surface area contributed by atoms with Crippen LogP contribution in [0.15, 0.2) is 10.9 Å². The normalized spacial score (nSPS) is 14.1. The number of hydrogen-bond acceptors (Lipinski definition) is 5. The predicted octanol–water partition coefficient (Wildman–Crippen LogP) is 0.0745. The highest BCUT2D eigenvalue weighted by atomic mass is 16.2. The van der Waals surface area contributed by atoms with Gasteiger partial charge < -0.3 is 10.3 Å². The van der Waals surface area contributed by atoms with Gasteiger partial charge in [-0.2, -0.15) is 5.10 Å². The van der Waals surface area contributed by atoms with Crippen LogP contribution in [0.2, 0.25) is 0 Å². The molecule has 2 N–H and O–H groups in total. The van der Waals surface area contributed by atoms with Gasteiger partial charge in [-0.1, -0.05) is 0 Å². The molecule has 0 saturated carbocycles. The number of carbonyl (C=O) groups is 1. The molecule has 0 atom stereocenters. The average Bonchev–Trinajstić information content (AvgIpc) is 2.93. The third-order valence-corrected chi connectivity index (χ3v) is 3.61. The molecule has 0 unspecified atom stereocenters. The van der Waals surface area contributed by atoms with E-state index in [0.717, 1.165) is 11.4 Å². The number of aryl methyl sites for hydroxylation is 3. The van der Waals surface area contributed by atoms with Crippen LogP contribution in [0.4, 0.5) is 5.82 Å². The Morgan fingerprint density at radius 1 is 1.41 bits per heavy atom. The third-order valence-electron chi connectivity index (χ3n) is 3.61. The van der Waals surface area contributed by atoms with Gasteiger partial charge in [0.2, 0.25) is 5.91 Å². The highest BCUT2D eigenvalue weighted by molar-refractivity contribution is 5.91. The fraction of sp³-hybridized carbons (Fsp3) is 0.429. The summed E-state index contributed by atoms with van der Waals surface area (Å²) in [4.78, 5) is 32.9.